The fraction of sp³-hybridized carbons (Fsp3) is 0.400. The molecule has 90 valence electrons. The highest BCUT2D eigenvalue weighted by Gasteiger charge is 2.10. The van der Waals surface area contributed by atoms with E-state index in [1.54, 1.807) is 0 Å². The number of nitrogens with zero attached hydrogens (tertiary/aromatic N) is 1. The summed E-state index contributed by atoms with van der Waals surface area (Å²) in [6, 6.07) is 8.46. The molecule has 2 aromatic rings. The van der Waals surface area contributed by atoms with Crippen LogP contribution in [0.25, 0.3) is 10.8 Å². The molecular weight excluding hydrogens is 208 g/mol. The highest BCUT2D eigenvalue weighted by atomic mass is 14.6. The molecule has 1 atom stereocenters. The van der Waals surface area contributed by atoms with Crippen molar-refractivity contribution in [3.05, 3.63) is 42.2 Å². The van der Waals surface area contributed by atoms with Crippen molar-refractivity contribution in [3.63, 3.8) is 0 Å². The Labute approximate surface area is 103 Å². The van der Waals surface area contributed by atoms with Gasteiger partial charge in [0.2, 0.25) is 0 Å². The van der Waals surface area contributed by atoms with E-state index in [2.05, 4.69) is 43.1 Å². The Morgan fingerprint density at radius 3 is 2.76 bits per heavy atom. The Balaban J connectivity index is 2.28. The van der Waals surface area contributed by atoms with Crippen LogP contribution in [0.4, 0.5) is 0 Å². The van der Waals surface area contributed by atoms with Crippen molar-refractivity contribution in [2.75, 3.05) is 0 Å². The van der Waals surface area contributed by atoms with Crippen molar-refractivity contribution in [3.8, 4) is 0 Å². The number of benzene rings is 1. The average Bonchev–Trinajstić information content (AvgIpc) is 2.35. The van der Waals surface area contributed by atoms with Crippen molar-refractivity contribution < 1.29 is 0 Å². The Bertz CT molecular complexity index is 486. The fourth-order valence-electron chi connectivity index (χ4n) is 2.14. The summed E-state index contributed by atoms with van der Waals surface area (Å²) in [4.78, 5) is 4.15. The molecule has 17 heavy (non-hydrogen) atoms. The molecule has 2 nitrogen and oxygen atoms in total. The number of hydrogen-bond donors (Lipinski definition) is 1. The lowest BCUT2D eigenvalue weighted by molar-refractivity contribution is 0.508. The van der Waals surface area contributed by atoms with Gasteiger partial charge in [-0.3, -0.25) is 4.98 Å². The molecule has 0 amide bonds. The Kier molecular flexibility index (Phi) is 3.75. The topological polar surface area (TPSA) is 38.9 Å². The molecule has 0 radical (unpaired) electrons. The Hall–Kier alpha value is -1.41. The molecule has 0 aliphatic carbocycles. The molecule has 0 spiro atoms. The maximum atomic E-state index is 6.29. The number of rotatable bonds is 4. The third-order valence-electron chi connectivity index (χ3n) is 3.17. The van der Waals surface area contributed by atoms with Crippen molar-refractivity contribution >= 4 is 10.8 Å². The number of hydrogen-bond acceptors (Lipinski definition) is 2. The van der Waals surface area contributed by atoms with Gasteiger partial charge in [-0.25, -0.2) is 0 Å². The van der Waals surface area contributed by atoms with Crippen LogP contribution in [0.15, 0.2) is 36.7 Å². The van der Waals surface area contributed by atoms with Crippen LogP contribution in [0.5, 0.6) is 0 Å². The molecule has 2 rings (SSSR count). The summed E-state index contributed by atoms with van der Waals surface area (Å²) in [5.74, 6) is 0.706. The van der Waals surface area contributed by atoms with Gasteiger partial charge in [0.1, 0.15) is 0 Å². The lowest BCUT2D eigenvalue weighted by Gasteiger charge is -2.15. The summed E-state index contributed by atoms with van der Waals surface area (Å²) < 4.78 is 0. The zero-order valence-corrected chi connectivity index (χ0v) is 10.6. The molecule has 1 heterocycles. The van der Waals surface area contributed by atoms with Crippen LogP contribution in [0.1, 0.15) is 38.3 Å². The third kappa shape index (κ3) is 2.83. The lowest BCUT2D eigenvalue weighted by atomic mass is 9.95. The molecule has 2 N–H and O–H groups in total. The van der Waals surface area contributed by atoms with Gasteiger partial charge in [-0.15, -0.1) is 0 Å². The van der Waals surface area contributed by atoms with Gasteiger partial charge >= 0.3 is 0 Å². The summed E-state index contributed by atoms with van der Waals surface area (Å²) in [5, 5.41) is 2.41. The maximum Gasteiger partial charge on any atom is 0.0346 e. The maximum absolute atomic E-state index is 6.29. The Morgan fingerprint density at radius 2 is 2.00 bits per heavy atom. The number of pyridine rings is 1. The summed E-state index contributed by atoms with van der Waals surface area (Å²) >= 11 is 0. The van der Waals surface area contributed by atoms with Crippen LogP contribution in [0, 0.1) is 5.92 Å². The van der Waals surface area contributed by atoms with E-state index in [0.29, 0.717) is 5.92 Å². The smallest absolute Gasteiger partial charge is 0.0346 e. The van der Waals surface area contributed by atoms with E-state index in [-0.39, 0.29) is 6.04 Å². The second-order valence-electron chi connectivity index (χ2n) is 5.02. The minimum atomic E-state index is 0.128. The normalized spacial score (nSPS) is 13.2. The highest BCUT2D eigenvalue weighted by molar-refractivity contribution is 5.85. The van der Waals surface area contributed by atoms with E-state index in [4.69, 9.17) is 5.73 Å². The zero-order valence-electron chi connectivity index (χ0n) is 10.6. The summed E-state index contributed by atoms with van der Waals surface area (Å²) in [5.41, 5.74) is 7.53. The Morgan fingerprint density at radius 1 is 1.18 bits per heavy atom. The van der Waals surface area contributed by atoms with Gasteiger partial charge in [-0.2, -0.15) is 0 Å². The predicted molar refractivity (Wildman–Crippen MR) is 72.7 cm³/mol. The third-order valence-corrected chi connectivity index (χ3v) is 3.17. The van der Waals surface area contributed by atoms with Crippen LogP contribution >= 0.6 is 0 Å². The van der Waals surface area contributed by atoms with Gasteiger partial charge in [-0.1, -0.05) is 32.0 Å². The summed E-state index contributed by atoms with van der Waals surface area (Å²) in [6.07, 6.45) is 5.94. The van der Waals surface area contributed by atoms with E-state index < -0.39 is 0 Å². The standard InChI is InChI=1S/C15H20N2/c1-11(2)6-7-15(16)14-5-3-4-12-10-17-9-8-13(12)14/h3-5,8-11,15H,6-7,16H2,1-2H3. The molecule has 1 unspecified atom stereocenters. The van der Waals surface area contributed by atoms with Crippen LogP contribution < -0.4 is 5.73 Å². The largest absolute Gasteiger partial charge is 0.324 e. The second kappa shape index (κ2) is 5.28. The molecule has 1 aromatic carbocycles. The van der Waals surface area contributed by atoms with Crippen molar-refractivity contribution in [1.29, 1.82) is 0 Å². The van der Waals surface area contributed by atoms with Crippen LogP contribution in [0.2, 0.25) is 0 Å². The van der Waals surface area contributed by atoms with E-state index in [1.165, 1.54) is 22.8 Å². The number of nitrogens with two attached hydrogens (primary N) is 1. The molecule has 1 aromatic heterocycles. The minimum Gasteiger partial charge on any atom is -0.324 e. The van der Waals surface area contributed by atoms with Gasteiger partial charge in [0.05, 0.1) is 0 Å². The first kappa shape index (κ1) is 12.1. The number of fused-ring (bicyclic) bond motifs is 1. The first-order chi connectivity index (χ1) is 8.18. The first-order valence-electron chi connectivity index (χ1n) is 6.26. The molecule has 0 fully saturated rings. The van der Waals surface area contributed by atoms with Crippen LogP contribution in [-0.4, -0.2) is 4.98 Å². The second-order valence-corrected chi connectivity index (χ2v) is 5.02. The van der Waals surface area contributed by atoms with E-state index >= 15 is 0 Å². The molecular formula is C15H20N2. The summed E-state index contributed by atoms with van der Waals surface area (Å²) in [7, 11) is 0. The van der Waals surface area contributed by atoms with Crippen LogP contribution in [-0.2, 0) is 0 Å². The van der Waals surface area contributed by atoms with Gasteiger partial charge in [0.25, 0.3) is 0 Å². The fourth-order valence-corrected chi connectivity index (χ4v) is 2.14. The van der Waals surface area contributed by atoms with Gasteiger partial charge in [0.15, 0.2) is 0 Å². The zero-order chi connectivity index (χ0) is 12.3. The van der Waals surface area contributed by atoms with Crippen molar-refractivity contribution in [2.24, 2.45) is 11.7 Å². The van der Waals surface area contributed by atoms with Gasteiger partial charge in [0, 0.05) is 23.8 Å². The van der Waals surface area contributed by atoms with E-state index in [1.807, 2.05) is 12.4 Å². The minimum absolute atomic E-state index is 0.128. The van der Waals surface area contributed by atoms with Gasteiger partial charge < -0.3 is 5.73 Å². The molecule has 2 heteroatoms. The average molecular weight is 228 g/mol. The highest BCUT2D eigenvalue weighted by Crippen LogP contribution is 2.25. The SMILES string of the molecule is CC(C)CCC(N)c1cccc2cnccc12. The monoisotopic (exact) mass is 228 g/mol. The van der Waals surface area contributed by atoms with Crippen molar-refractivity contribution in [2.45, 2.75) is 32.7 Å². The summed E-state index contributed by atoms with van der Waals surface area (Å²) in [6.45, 7) is 4.47. The van der Waals surface area contributed by atoms with Crippen LogP contribution in [0.3, 0.4) is 0 Å². The molecule has 0 aliphatic rings. The molecule has 0 saturated heterocycles. The molecule has 0 bridgehead atoms. The lowest BCUT2D eigenvalue weighted by Crippen LogP contribution is -2.11. The quantitative estimate of drug-likeness (QED) is 0.867. The van der Waals surface area contributed by atoms with Crippen molar-refractivity contribution in [1.82, 2.24) is 4.98 Å². The molecule has 0 aliphatic heterocycles. The van der Waals surface area contributed by atoms with Gasteiger partial charge in [-0.05, 0) is 35.8 Å². The first-order valence-corrected chi connectivity index (χ1v) is 6.26. The van der Waals surface area contributed by atoms with E-state index in [0.717, 1.165) is 6.42 Å². The van der Waals surface area contributed by atoms with E-state index in [9.17, 15) is 0 Å². The number of aromatic nitrogens is 1. The molecule has 0 saturated carbocycles. The predicted octanol–water partition coefficient (Wildman–Crippen LogP) is 3.67.